The van der Waals surface area contributed by atoms with Crippen LogP contribution in [-0.2, 0) is 11.3 Å². The molecule has 2 amide bonds. The third kappa shape index (κ3) is 5.87. The van der Waals surface area contributed by atoms with E-state index in [0.29, 0.717) is 23.5 Å². The molecular formula is C26H33N7O2. The molecule has 9 N–H and O–H groups in total. The van der Waals surface area contributed by atoms with Crippen molar-refractivity contribution in [2.45, 2.75) is 50.7 Å². The van der Waals surface area contributed by atoms with Crippen molar-refractivity contribution in [3.8, 4) is 0 Å². The van der Waals surface area contributed by atoms with E-state index >= 15 is 0 Å². The zero-order chi connectivity index (χ0) is 24.9. The van der Waals surface area contributed by atoms with E-state index in [2.05, 4.69) is 10.6 Å². The van der Waals surface area contributed by atoms with E-state index in [1.807, 2.05) is 47.0 Å². The summed E-state index contributed by atoms with van der Waals surface area (Å²) in [5.74, 6) is -0.318. The number of hydrogen-bond acceptors (Lipinski definition) is 5. The van der Waals surface area contributed by atoms with Crippen LogP contribution < -0.4 is 27.8 Å². The van der Waals surface area contributed by atoms with Gasteiger partial charge in [0.2, 0.25) is 5.91 Å². The van der Waals surface area contributed by atoms with Gasteiger partial charge in [-0.15, -0.1) is 0 Å². The second kappa shape index (κ2) is 10.7. The fourth-order valence-corrected chi connectivity index (χ4v) is 4.59. The highest BCUT2D eigenvalue weighted by Gasteiger charge is 2.23. The van der Waals surface area contributed by atoms with E-state index in [1.54, 1.807) is 6.07 Å². The maximum absolute atomic E-state index is 13.4. The molecule has 0 saturated heterocycles. The predicted molar refractivity (Wildman–Crippen MR) is 138 cm³/mol. The van der Waals surface area contributed by atoms with E-state index in [1.165, 1.54) is 0 Å². The summed E-state index contributed by atoms with van der Waals surface area (Å²) in [6.45, 7) is 0.689. The highest BCUT2D eigenvalue weighted by atomic mass is 16.2. The Morgan fingerprint density at radius 1 is 1.06 bits per heavy atom. The highest BCUT2D eigenvalue weighted by molar-refractivity contribution is 6.02. The molecule has 0 spiro atoms. The number of amidine groups is 1. The molecule has 0 atom stereocenters. The highest BCUT2D eigenvalue weighted by Crippen LogP contribution is 2.25. The van der Waals surface area contributed by atoms with Crippen LogP contribution in [0.2, 0.25) is 0 Å². The normalized spacial score (nSPS) is 17.8. The van der Waals surface area contributed by atoms with E-state index in [-0.39, 0.29) is 42.7 Å². The van der Waals surface area contributed by atoms with Gasteiger partial charge in [0, 0.05) is 53.7 Å². The predicted octanol–water partition coefficient (Wildman–Crippen LogP) is 2.26. The lowest BCUT2D eigenvalue weighted by atomic mass is 9.92. The quantitative estimate of drug-likeness (QED) is 0.217. The van der Waals surface area contributed by atoms with Gasteiger partial charge < -0.3 is 32.4 Å². The second-order valence-corrected chi connectivity index (χ2v) is 9.18. The molecule has 1 aromatic heterocycles. The van der Waals surface area contributed by atoms with Crippen LogP contribution in [0.15, 0.2) is 48.5 Å². The summed E-state index contributed by atoms with van der Waals surface area (Å²) >= 11 is 0. The second-order valence-electron chi connectivity index (χ2n) is 9.18. The van der Waals surface area contributed by atoms with Crippen LogP contribution in [-0.4, -0.2) is 40.8 Å². The molecule has 0 bridgehead atoms. The van der Waals surface area contributed by atoms with Crippen LogP contribution in [0.5, 0.6) is 0 Å². The molecule has 184 valence electrons. The van der Waals surface area contributed by atoms with Gasteiger partial charge in [0.25, 0.3) is 5.91 Å². The Hall–Kier alpha value is -3.69. The fourth-order valence-electron chi connectivity index (χ4n) is 4.59. The van der Waals surface area contributed by atoms with Crippen molar-refractivity contribution in [3.63, 3.8) is 0 Å². The van der Waals surface area contributed by atoms with Gasteiger partial charge in [-0.25, -0.2) is 0 Å². The van der Waals surface area contributed by atoms with Crippen molar-refractivity contribution in [2.75, 3.05) is 11.9 Å². The molecule has 1 heterocycles. The summed E-state index contributed by atoms with van der Waals surface area (Å²) in [6.07, 6.45) is 3.78. The molecule has 4 rings (SSSR count). The van der Waals surface area contributed by atoms with Crippen LogP contribution in [0.25, 0.3) is 10.9 Å². The summed E-state index contributed by atoms with van der Waals surface area (Å²) in [4.78, 5) is 25.4. The lowest BCUT2D eigenvalue weighted by Crippen LogP contribution is -2.41. The summed E-state index contributed by atoms with van der Waals surface area (Å²) in [5.41, 5.74) is 20.8. The number of amides is 2. The van der Waals surface area contributed by atoms with Gasteiger partial charge >= 0.3 is 0 Å². The number of nitrogen functional groups attached to an aromatic ring is 1. The van der Waals surface area contributed by atoms with Crippen molar-refractivity contribution >= 4 is 34.2 Å². The molecule has 35 heavy (non-hydrogen) atoms. The Labute approximate surface area is 204 Å². The number of nitrogens with zero attached hydrogens (tertiary/aromatic N) is 1. The first-order valence-electron chi connectivity index (χ1n) is 12.0. The van der Waals surface area contributed by atoms with E-state index in [4.69, 9.17) is 22.6 Å². The maximum Gasteiger partial charge on any atom is 0.268 e. The van der Waals surface area contributed by atoms with Crippen molar-refractivity contribution in [1.29, 1.82) is 5.41 Å². The van der Waals surface area contributed by atoms with Crippen molar-refractivity contribution in [3.05, 3.63) is 65.4 Å². The monoisotopic (exact) mass is 475 g/mol. The minimum Gasteiger partial charge on any atom is -0.384 e. The topological polar surface area (TPSA) is 165 Å². The molecule has 1 fully saturated rings. The zero-order valence-corrected chi connectivity index (χ0v) is 19.7. The Morgan fingerprint density at radius 3 is 2.54 bits per heavy atom. The molecule has 1 aliphatic carbocycles. The Bertz CT molecular complexity index is 1240. The number of fused-ring (bicyclic) bond motifs is 1. The first-order valence-corrected chi connectivity index (χ1v) is 12.0. The van der Waals surface area contributed by atoms with E-state index in [0.717, 1.165) is 42.1 Å². The molecule has 1 aliphatic rings. The van der Waals surface area contributed by atoms with Crippen molar-refractivity contribution < 1.29 is 9.59 Å². The van der Waals surface area contributed by atoms with Gasteiger partial charge in [-0.1, -0.05) is 24.3 Å². The van der Waals surface area contributed by atoms with Gasteiger partial charge in [-0.05, 0) is 55.5 Å². The number of carbonyl (C=O) groups excluding carboxylic acids is 2. The first-order chi connectivity index (χ1) is 16.8. The van der Waals surface area contributed by atoms with E-state index < -0.39 is 0 Å². The van der Waals surface area contributed by atoms with Crippen molar-refractivity contribution in [2.24, 2.45) is 17.2 Å². The SMILES string of the molecule is N=C(N)c1ccc2cc(C(=O)NC3CCC(N)CC3)n(Cc3cccc(NC(=O)CCN)c3)c2c1. The molecule has 3 aromatic rings. The average molecular weight is 476 g/mol. The van der Waals surface area contributed by atoms with Gasteiger partial charge in [0.15, 0.2) is 0 Å². The van der Waals surface area contributed by atoms with Crippen LogP contribution in [0.3, 0.4) is 0 Å². The van der Waals surface area contributed by atoms with Gasteiger partial charge in [-0.2, -0.15) is 0 Å². The summed E-state index contributed by atoms with van der Waals surface area (Å²) < 4.78 is 1.94. The summed E-state index contributed by atoms with van der Waals surface area (Å²) in [6, 6.07) is 15.2. The molecule has 0 aliphatic heterocycles. The minimum absolute atomic E-state index is 0.0335. The molecular weight excluding hydrogens is 442 g/mol. The third-order valence-electron chi connectivity index (χ3n) is 6.48. The molecule has 0 unspecified atom stereocenters. The number of nitrogens with one attached hydrogen (secondary N) is 3. The molecule has 9 heteroatoms. The van der Waals surface area contributed by atoms with Gasteiger partial charge in [0.1, 0.15) is 11.5 Å². The van der Waals surface area contributed by atoms with Crippen molar-refractivity contribution in [1.82, 2.24) is 9.88 Å². The van der Waals surface area contributed by atoms with Gasteiger partial charge in [0.05, 0.1) is 0 Å². The van der Waals surface area contributed by atoms with Gasteiger partial charge in [-0.3, -0.25) is 15.0 Å². The minimum atomic E-state index is -0.144. The number of nitrogens with two attached hydrogens (primary N) is 3. The zero-order valence-electron chi connectivity index (χ0n) is 19.7. The first kappa shape index (κ1) is 24.4. The molecule has 1 saturated carbocycles. The Morgan fingerprint density at radius 2 is 1.83 bits per heavy atom. The molecule has 9 nitrogen and oxygen atoms in total. The van der Waals surface area contributed by atoms with E-state index in [9.17, 15) is 9.59 Å². The molecule has 0 radical (unpaired) electrons. The largest absolute Gasteiger partial charge is 0.384 e. The number of carbonyl (C=O) groups is 2. The summed E-state index contributed by atoms with van der Waals surface area (Å²) in [7, 11) is 0. The van der Waals surface area contributed by atoms with Crippen LogP contribution in [0, 0.1) is 5.41 Å². The number of aromatic nitrogens is 1. The smallest absolute Gasteiger partial charge is 0.268 e. The number of anilines is 1. The standard InChI is InChI=1S/C26H33N7O2/c27-11-10-24(34)31-21-3-1-2-16(12-21)15-33-22-14-18(25(29)30)5-4-17(22)13-23(33)26(35)32-20-8-6-19(28)7-9-20/h1-5,12-14,19-20H,6-11,15,27-28H2,(H3,29,30)(H,31,34)(H,32,35). The Kier molecular flexibility index (Phi) is 7.48. The lowest BCUT2D eigenvalue weighted by Gasteiger charge is -2.27. The maximum atomic E-state index is 13.4. The van der Waals surface area contributed by atoms with Crippen LogP contribution in [0.4, 0.5) is 5.69 Å². The third-order valence-corrected chi connectivity index (χ3v) is 6.48. The number of benzene rings is 2. The van der Waals surface area contributed by atoms with Crippen LogP contribution >= 0.6 is 0 Å². The van der Waals surface area contributed by atoms with Crippen LogP contribution in [0.1, 0.15) is 53.7 Å². The average Bonchev–Trinajstić information content (AvgIpc) is 3.18. The molecule has 2 aromatic carbocycles. The lowest BCUT2D eigenvalue weighted by molar-refractivity contribution is -0.116. The fraction of sp³-hybridized carbons (Fsp3) is 0.346. The number of rotatable bonds is 8. The summed E-state index contributed by atoms with van der Waals surface area (Å²) in [5, 5.41) is 14.8. The number of hydrogen-bond donors (Lipinski definition) is 6. The Balaban J connectivity index is 1.66.